The smallest absolute Gasteiger partial charge is 0.338 e. The number of benzene rings is 3. The van der Waals surface area contributed by atoms with Gasteiger partial charge in [0.15, 0.2) is 9.84 Å². The Bertz CT molecular complexity index is 1510. The van der Waals surface area contributed by atoms with Crippen LogP contribution in [0.5, 0.6) is 5.75 Å². The van der Waals surface area contributed by atoms with Crippen LogP contribution in [0.1, 0.15) is 28.5 Å². The summed E-state index contributed by atoms with van der Waals surface area (Å²) in [6.45, 7) is 4.17. The molecule has 4 aromatic rings. The van der Waals surface area contributed by atoms with E-state index in [1.54, 1.807) is 55.5 Å². The number of carbonyl (C=O) groups excluding carboxylic acids is 1. The van der Waals surface area contributed by atoms with Gasteiger partial charge in [-0.05, 0) is 74.0 Å². The summed E-state index contributed by atoms with van der Waals surface area (Å²) in [6, 6.07) is 23.0. The number of aromatic nitrogens is 1. The molecule has 1 aromatic heterocycles. The van der Waals surface area contributed by atoms with Crippen LogP contribution in [0, 0.1) is 6.92 Å². The molecule has 0 saturated carbocycles. The summed E-state index contributed by atoms with van der Waals surface area (Å²) in [4.78, 5) is 12.5. The molecule has 186 valence electrons. The zero-order valence-electron chi connectivity index (χ0n) is 20.2. The summed E-state index contributed by atoms with van der Waals surface area (Å²) in [7, 11) is -3.60. The van der Waals surface area contributed by atoms with Crippen LogP contribution in [0.3, 0.4) is 0 Å². The minimum atomic E-state index is -3.60. The van der Waals surface area contributed by atoms with Gasteiger partial charge in [0.2, 0.25) is 0 Å². The third-order valence-corrected chi connectivity index (χ3v) is 7.03. The molecule has 0 atom stereocenters. The lowest BCUT2D eigenvalue weighted by molar-refractivity contribution is 0.0526. The molecule has 0 radical (unpaired) electrons. The maximum Gasteiger partial charge on any atom is 0.338 e. The van der Waals surface area contributed by atoms with Crippen molar-refractivity contribution in [3.05, 3.63) is 101 Å². The van der Waals surface area contributed by atoms with E-state index in [1.165, 1.54) is 6.26 Å². The molecule has 0 aliphatic heterocycles. The standard InChI is InChI=1S/C28H26ClNO5S/c1-4-34-28(31)21-7-5-8-23(17-21)30-19(2)11-16-24(30)27-25(9-6-10-26(27)36(3,32)33)35-18-20-12-14-22(29)15-13-20/h5-17H,4,18H2,1-3H3. The first-order chi connectivity index (χ1) is 17.2. The quantitative estimate of drug-likeness (QED) is 0.255. The highest BCUT2D eigenvalue weighted by Crippen LogP contribution is 2.39. The monoisotopic (exact) mass is 523 g/mol. The van der Waals surface area contributed by atoms with Crippen molar-refractivity contribution in [1.82, 2.24) is 4.57 Å². The van der Waals surface area contributed by atoms with Gasteiger partial charge in [0.25, 0.3) is 0 Å². The molecular weight excluding hydrogens is 498 g/mol. The Morgan fingerprint density at radius 3 is 2.39 bits per heavy atom. The number of halogens is 1. The Labute approximate surface area is 216 Å². The largest absolute Gasteiger partial charge is 0.488 e. The average molecular weight is 524 g/mol. The highest BCUT2D eigenvalue weighted by Gasteiger charge is 2.23. The molecule has 0 fully saturated rings. The molecular formula is C28H26ClNO5S. The van der Waals surface area contributed by atoms with E-state index in [4.69, 9.17) is 21.1 Å². The van der Waals surface area contributed by atoms with E-state index < -0.39 is 15.8 Å². The van der Waals surface area contributed by atoms with Crippen molar-refractivity contribution in [2.75, 3.05) is 12.9 Å². The topological polar surface area (TPSA) is 74.6 Å². The highest BCUT2D eigenvalue weighted by atomic mass is 35.5. The van der Waals surface area contributed by atoms with Crippen molar-refractivity contribution >= 4 is 27.4 Å². The first-order valence-corrected chi connectivity index (χ1v) is 13.6. The van der Waals surface area contributed by atoms with Crippen LogP contribution in [0.4, 0.5) is 0 Å². The zero-order chi connectivity index (χ0) is 25.9. The molecule has 0 spiro atoms. The maximum absolute atomic E-state index is 12.8. The molecule has 0 aliphatic carbocycles. The summed E-state index contributed by atoms with van der Waals surface area (Å²) in [6.07, 6.45) is 1.18. The summed E-state index contributed by atoms with van der Waals surface area (Å²) in [5.41, 5.74) is 3.93. The van der Waals surface area contributed by atoms with Crippen LogP contribution < -0.4 is 4.74 Å². The van der Waals surface area contributed by atoms with Crippen LogP contribution in [0.15, 0.2) is 83.8 Å². The van der Waals surface area contributed by atoms with Gasteiger partial charge in [0.05, 0.1) is 28.3 Å². The lowest BCUT2D eigenvalue weighted by Crippen LogP contribution is -2.08. The van der Waals surface area contributed by atoms with Gasteiger partial charge in [-0.1, -0.05) is 35.9 Å². The number of sulfone groups is 1. The van der Waals surface area contributed by atoms with E-state index in [0.717, 1.165) is 11.3 Å². The van der Waals surface area contributed by atoms with E-state index in [0.29, 0.717) is 33.3 Å². The lowest BCUT2D eigenvalue weighted by atomic mass is 10.1. The van der Waals surface area contributed by atoms with Crippen LogP contribution >= 0.6 is 11.6 Å². The molecule has 0 aliphatic rings. The maximum atomic E-state index is 12.8. The SMILES string of the molecule is CCOC(=O)c1cccc(-n2c(C)ccc2-c2c(OCc3ccc(Cl)cc3)cccc2S(C)(=O)=O)c1. The fourth-order valence-electron chi connectivity index (χ4n) is 4.00. The van der Waals surface area contributed by atoms with E-state index in [2.05, 4.69) is 0 Å². The molecule has 0 bridgehead atoms. The molecule has 1 heterocycles. The van der Waals surface area contributed by atoms with Crippen LogP contribution in [-0.2, 0) is 21.2 Å². The fourth-order valence-corrected chi connectivity index (χ4v) is 5.02. The van der Waals surface area contributed by atoms with Crippen molar-refractivity contribution < 1.29 is 22.7 Å². The molecule has 4 rings (SSSR count). The third kappa shape index (κ3) is 5.48. The first-order valence-electron chi connectivity index (χ1n) is 11.4. The molecule has 6 nitrogen and oxygen atoms in total. The number of hydrogen-bond acceptors (Lipinski definition) is 5. The fraction of sp³-hybridized carbons (Fsp3) is 0.179. The van der Waals surface area contributed by atoms with Gasteiger partial charge in [0.1, 0.15) is 12.4 Å². The molecule has 0 N–H and O–H groups in total. The van der Waals surface area contributed by atoms with Crippen molar-refractivity contribution in [1.29, 1.82) is 0 Å². The molecule has 36 heavy (non-hydrogen) atoms. The lowest BCUT2D eigenvalue weighted by Gasteiger charge is -2.19. The second-order valence-electron chi connectivity index (χ2n) is 8.28. The van der Waals surface area contributed by atoms with Gasteiger partial charge in [-0.3, -0.25) is 0 Å². The van der Waals surface area contributed by atoms with Gasteiger partial charge in [-0.2, -0.15) is 0 Å². The summed E-state index contributed by atoms with van der Waals surface area (Å²) in [5, 5.41) is 0.622. The minimum absolute atomic E-state index is 0.150. The number of nitrogens with zero attached hydrogens (tertiary/aromatic N) is 1. The second-order valence-corrected chi connectivity index (χ2v) is 10.7. The molecule has 0 amide bonds. The Balaban J connectivity index is 1.85. The molecule has 8 heteroatoms. The molecule has 3 aromatic carbocycles. The van der Waals surface area contributed by atoms with Crippen molar-refractivity contribution in [3.63, 3.8) is 0 Å². The number of ether oxygens (including phenoxy) is 2. The Hall–Kier alpha value is -3.55. The Kier molecular flexibility index (Phi) is 7.52. The summed E-state index contributed by atoms with van der Waals surface area (Å²) in [5.74, 6) is 0.00278. The van der Waals surface area contributed by atoms with E-state index in [1.807, 2.05) is 41.8 Å². The Morgan fingerprint density at radius 2 is 1.69 bits per heavy atom. The number of rotatable bonds is 8. The number of aryl methyl sites for hydroxylation is 1. The second kappa shape index (κ2) is 10.6. The number of hydrogen-bond donors (Lipinski definition) is 0. The Morgan fingerprint density at radius 1 is 0.972 bits per heavy atom. The van der Waals surface area contributed by atoms with E-state index >= 15 is 0 Å². The normalized spacial score (nSPS) is 11.3. The van der Waals surface area contributed by atoms with Gasteiger partial charge < -0.3 is 14.0 Å². The highest BCUT2D eigenvalue weighted by molar-refractivity contribution is 7.90. The van der Waals surface area contributed by atoms with E-state index in [9.17, 15) is 13.2 Å². The minimum Gasteiger partial charge on any atom is -0.488 e. The van der Waals surface area contributed by atoms with Crippen LogP contribution in [0.25, 0.3) is 16.9 Å². The third-order valence-electron chi connectivity index (χ3n) is 5.64. The van der Waals surface area contributed by atoms with Gasteiger partial charge in [-0.25, -0.2) is 13.2 Å². The summed E-state index contributed by atoms with van der Waals surface area (Å²) < 4.78 is 38.9. The van der Waals surface area contributed by atoms with Gasteiger partial charge in [0, 0.05) is 22.7 Å². The van der Waals surface area contributed by atoms with Crippen LogP contribution in [0.2, 0.25) is 5.02 Å². The summed E-state index contributed by atoms with van der Waals surface area (Å²) >= 11 is 5.99. The van der Waals surface area contributed by atoms with E-state index in [-0.39, 0.29) is 18.1 Å². The number of esters is 1. The number of carbonyl (C=O) groups is 1. The molecule has 0 unspecified atom stereocenters. The molecule has 0 saturated heterocycles. The van der Waals surface area contributed by atoms with Gasteiger partial charge >= 0.3 is 5.97 Å². The first kappa shape index (κ1) is 25.5. The van der Waals surface area contributed by atoms with Crippen LogP contribution in [-0.4, -0.2) is 31.8 Å². The van der Waals surface area contributed by atoms with Crippen molar-refractivity contribution in [2.24, 2.45) is 0 Å². The van der Waals surface area contributed by atoms with Crippen molar-refractivity contribution in [3.8, 4) is 22.7 Å². The predicted molar refractivity (Wildman–Crippen MR) is 141 cm³/mol. The van der Waals surface area contributed by atoms with Crippen molar-refractivity contribution in [2.45, 2.75) is 25.3 Å². The predicted octanol–water partition coefficient (Wildman–Crippen LogP) is 6.27. The van der Waals surface area contributed by atoms with Gasteiger partial charge in [-0.15, -0.1) is 0 Å². The zero-order valence-corrected chi connectivity index (χ0v) is 21.8. The average Bonchev–Trinajstić information content (AvgIpc) is 3.24.